The van der Waals surface area contributed by atoms with Crippen LogP contribution in [0.15, 0.2) is 36.4 Å². The number of nitrogens with zero attached hydrogens (tertiary/aromatic N) is 2. The Morgan fingerprint density at radius 1 is 1.25 bits per heavy atom. The quantitative estimate of drug-likeness (QED) is 0.861. The number of hydrogen-bond donors (Lipinski definition) is 1. The molecular weight excluding hydrogens is 254 g/mol. The average Bonchev–Trinajstić information content (AvgIpc) is 2.50. The van der Waals surface area contributed by atoms with E-state index in [4.69, 9.17) is 10.5 Å². The molecule has 0 bridgehead atoms. The standard InChI is InChI=1S/C15H19N3O2/c1-20-11-10-18(9-8-16)15(19)14-7-6-12-4-2-3-5-13(12)17-14/h2-7H,8-11,16H2,1H3. The fraction of sp³-hybridized carbons (Fsp3) is 0.333. The molecule has 0 fully saturated rings. The van der Waals surface area contributed by atoms with Gasteiger partial charge in [-0.05, 0) is 12.1 Å². The fourth-order valence-electron chi connectivity index (χ4n) is 2.02. The molecule has 5 nitrogen and oxygen atoms in total. The summed E-state index contributed by atoms with van der Waals surface area (Å²) in [6.45, 7) is 1.92. The van der Waals surface area contributed by atoms with Crippen LogP contribution < -0.4 is 5.73 Å². The van der Waals surface area contributed by atoms with Crippen molar-refractivity contribution in [2.75, 3.05) is 33.4 Å². The van der Waals surface area contributed by atoms with Crippen molar-refractivity contribution in [1.29, 1.82) is 0 Å². The van der Waals surface area contributed by atoms with E-state index in [9.17, 15) is 4.79 Å². The number of para-hydroxylation sites is 1. The van der Waals surface area contributed by atoms with Crippen molar-refractivity contribution in [3.63, 3.8) is 0 Å². The first-order valence-electron chi connectivity index (χ1n) is 6.60. The molecule has 2 N–H and O–H groups in total. The molecule has 0 atom stereocenters. The summed E-state index contributed by atoms with van der Waals surface area (Å²) in [7, 11) is 1.61. The highest BCUT2D eigenvalue weighted by Crippen LogP contribution is 2.13. The molecule has 0 spiro atoms. The molecule has 2 aromatic rings. The number of hydrogen-bond acceptors (Lipinski definition) is 4. The molecule has 0 saturated heterocycles. The first kappa shape index (κ1) is 14.4. The number of carbonyl (C=O) groups excluding carboxylic acids is 1. The summed E-state index contributed by atoms with van der Waals surface area (Å²) >= 11 is 0. The molecule has 2 rings (SSSR count). The molecule has 0 aliphatic heterocycles. The van der Waals surface area contributed by atoms with Crippen LogP contribution >= 0.6 is 0 Å². The first-order valence-corrected chi connectivity index (χ1v) is 6.60. The number of fused-ring (bicyclic) bond motifs is 1. The molecule has 1 amide bonds. The second-order valence-corrected chi connectivity index (χ2v) is 4.46. The number of ether oxygens (including phenoxy) is 1. The molecule has 106 valence electrons. The summed E-state index contributed by atoms with van der Waals surface area (Å²) in [5.41, 5.74) is 6.81. The Hall–Kier alpha value is -1.98. The van der Waals surface area contributed by atoms with Crippen molar-refractivity contribution in [3.8, 4) is 0 Å². The molecule has 1 aromatic heterocycles. The number of carbonyl (C=O) groups is 1. The maximum atomic E-state index is 12.4. The molecular formula is C15H19N3O2. The van der Waals surface area contributed by atoms with Crippen LogP contribution in [0.1, 0.15) is 10.5 Å². The SMILES string of the molecule is COCCN(CCN)C(=O)c1ccc2ccccc2n1. The smallest absolute Gasteiger partial charge is 0.272 e. The van der Waals surface area contributed by atoms with Crippen molar-refractivity contribution in [2.45, 2.75) is 0 Å². The van der Waals surface area contributed by atoms with E-state index < -0.39 is 0 Å². The second-order valence-electron chi connectivity index (χ2n) is 4.46. The Bertz CT molecular complexity index is 586. The lowest BCUT2D eigenvalue weighted by Gasteiger charge is -2.21. The number of aromatic nitrogens is 1. The van der Waals surface area contributed by atoms with Crippen LogP contribution in [-0.4, -0.2) is 49.1 Å². The van der Waals surface area contributed by atoms with Gasteiger partial charge in [0.2, 0.25) is 0 Å². The molecule has 0 radical (unpaired) electrons. The highest BCUT2D eigenvalue weighted by atomic mass is 16.5. The zero-order valence-corrected chi connectivity index (χ0v) is 11.6. The van der Waals surface area contributed by atoms with Gasteiger partial charge in [-0.15, -0.1) is 0 Å². The Labute approximate surface area is 118 Å². The maximum Gasteiger partial charge on any atom is 0.272 e. The predicted octanol–water partition coefficient (Wildman–Crippen LogP) is 1.28. The van der Waals surface area contributed by atoms with Crippen LogP contribution in [0.4, 0.5) is 0 Å². The molecule has 1 aromatic carbocycles. The number of nitrogens with two attached hydrogens (primary N) is 1. The van der Waals surface area contributed by atoms with Gasteiger partial charge in [0.1, 0.15) is 5.69 Å². The van der Waals surface area contributed by atoms with Gasteiger partial charge in [0.15, 0.2) is 0 Å². The summed E-state index contributed by atoms with van der Waals surface area (Å²) < 4.78 is 5.02. The van der Waals surface area contributed by atoms with Gasteiger partial charge in [0.05, 0.1) is 12.1 Å². The first-order chi connectivity index (χ1) is 9.76. The molecule has 0 aliphatic rings. The van der Waals surface area contributed by atoms with Crippen LogP contribution in [0.25, 0.3) is 10.9 Å². The summed E-state index contributed by atoms with van der Waals surface area (Å²) in [6, 6.07) is 11.4. The zero-order chi connectivity index (χ0) is 14.4. The van der Waals surface area contributed by atoms with E-state index in [1.165, 1.54) is 0 Å². The van der Waals surface area contributed by atoms with Gasteiger partial charge in [-0.25, -0.2) is 4.98 Å². The summed E-state index contributed by atoms with van der Waals surface area (Å²) in [5.74, 6) is -0.113. The van der Waals surface area contributed by atoms with Gasteiger partial charge in [-0.1, -0.05) is 24.3 Å². The van der Waals surface area contributed by atoms with Gasteiger partial charge in [0, 0.05) is 32.1 Å². The number of benzene rings is 1. The predicted molar refractivity (Wildman–Crippen MR) is 78.6 cm³/mol. The zero-order valence-electron chi connectivity index (χ0n) is 11.6. The molecule has 20 heavy (non-hydrogen) atoms. The van der Waals surface area contributed by atoms with E-state index in [1.54, 1.807) is 18.1 Å². The van der Waals surface area contributed by atoms with Crippen molar-refractivity contribution < 1.29 is 9.53 Å². The Kier molecular flexibility index (Phi) is 5.03. The van der Waals surface area contributed by atoms with Crippen molar-refractivity contribution in [1.82, 2.24) is 9.88 Å². The molecule has 5 heteroatoms. The van der Waals surface area contributed by atoms with Crippen LogP contribution in [0.3, 0.4) is 0 Å². The fourth-order valence-corrected chi connectivity index (χ4v) is 2.02. The van der Waals surface area contributed by atoms with Crippen LogP contribution in [0.2, 0.25) is 0 Å². The topological polar surface area (TPSA) is 68.5 Å². The third-order valence-corrected chi connectivity index (χ3v) is 3.07. The average molecular weight is 273 g/mol. The maximum absolute atomic E-state index is 12.4. The molecule has 0 unspecified atom stereocenters. The van der Waals surface area contributed by atoms with Crippen molar-refractivity contribution in [2.24, 2.45) is 5.73 Å². The number of pyridine rings is 1. The van der Waals surface area contributed by atoms with E-state index in [-0.39, 0.29) is 5.91 Å². The van der Waals surface area contributed by atoms with Crippen LogP contribution in [0.5, 0.6) is 0 Å². The lowest BCUT2D eigenvalue weighted by atomic mass is 10.2. The Balaban J connectivity index is 2.23. The van der Waals surface area contributed by atoms with E-state index in [0.717, 1.165) is 10.9 Å². The molecule has 0 saturated carbocycles. The highest BCUT2D eigenvalue weighted by Gasteiger charge is 2.16. The summed E-state index contributed by atoms with van der Waals surface area (Å²) in [4.78, 5) is 18.5. The van der Waals surface area contributed by atoms with E-state index >= 15 is 0 Å². The Morgan fingerprint density at radius 2 is 2.05 bits per heavy atom. The minimum Gasteiger partial charge on any atom is -0.383 e. The second kappa shape index (κ2) is 6.98. The highest BCUT2D eigenvalue weighted by molar-refractivity contribution is 5.94. The van der Waals surface area contributed by atoms with Crippen molar-refractivity contribution >= 4 is 16.8 Å². The van der Waals surface area contributed by atoms with Gasteiger partial charge in [0.25, 0.3) is 5.91 Å². The molecule has 0 aliphatic carbocycles. The number of rotatable bonds is 6. The van der Waals surface area contributed by atoms with E-state index in [0.29, 0.717) is 31.9 Å². The normalized spacial score (nSPS) is 10.7. The van der Waals surface area contributed by atoms with E-state index in [2.05, 4.69) is 4.98 Å². The lowest BCUT2D eigenvalue weighted by molar-refractivity contribution is 0.0696. The van der Waals surface area contributed by atoms with Gasteiger partial charge >= 0.3 is 0 Å². The minimum absolute atomic E-state index is 0.113. The third kappa shape index (κ3) is 3.31. The summed E-state index contributed by atoms with van der Waals surface area (Å²) in [6.07, 6.45) is 0. The van der Waals surface area contributed by atoms with Crippen molar-refractivity contribution in [3.05, 3.63) is 42.1 Å². The Morgan fingerprint density at radius 3 is 2.80 bits per heavy atom. The van der Waals surface area contributed by atoms with Gasteiger partial charge < -0.3 is 15.4 Å². The van der Waals surface area contributed by atoms with Crippen LogP contribution in [0, 0.1) is 0 Å². The lowest BCUT2D eigenvalue weighted by Crippen LogP contribution is -2.38. The third-order valence-electron chi connectivity index (χ3n) is 3.07. The monoisotopic (exact) mass is 273 g/mol. The molecule has 1 heterocycles. The van der Waals surface area contributed by atoms with Gasteiger partial charge in [-0.3, -0.25) is 4.79 Å². The van der Waals surface area contributed by atoms with Gasteiger partial charge in [-0.2, -0.15) is 0 Å². The largest absolute Gasteiger partial charge is 0.383 e. The minimum atomic E-state index is -0.113. The number of methoxy groups -OCH3 is 1. The van der Waals surface area contributed by atoms with Crippen LogP contribution in [-0.2, 0) is 4.74 Å². The summed E-state index contributed by atoms with van der Waals surface area (Å²) in [5, 5.41) is 1.02. The van der Waals surface area contributed by atoms with E-state index in [1.807, 2.05) is 30.3 Å². The number of amides is 1.